The van der Waals surface area contributed by atoms with E-state index < -0.39 is 0 Å². The zero-order valence-corrected chi connectivity index (χ0v) is 19.6. The molecule has 3 heteroatoms. The summed E-state index contributed by atoms with van der Waals surface area (Å²) in [6, 6.07) is 32.1. The lowest BCUT2D eigenvalue weighted by molar-refractivity contribution is 0.185. The van der Waals surface area contributed by atoms with Gasteiger partial charge in [-0.1, -0.05) is 85.8 Å². The number of hydrogen-bond donors (Lipinski definition) is 0. The van der Waals surface area contributed by atoms with E-state index in [0.717, 1.165) is 46.0 Å². The highest BCUT2D eigenvalue weighted by atomic mass is 15.1. The summed E-state index contributed by atoms with van der Waals surface area (Å²) in [5.74, 6) is 0.860. The lowest BCUT2D eigenvalue weighted by Gasteiger charge is -2.30. The zero-order valence-electron chi connectivity index (χ0n) is 19.6. The van der Waals surface area contributed by atoms with Gasteiger partial charge in [-0.15, -0.1) is 0 Å². The molecule has 0 radical (unpaired) electrons. The molecular weight excluding hydrogens is 414 g/mol. The maximum Gasteiger partial charge on any atom is 0.0973 e. The van der Waals surface area contributed by atoms with E-state index in [1.807, 2.05) is 6.07 Å². The van der Waals surface area contributed by atoms with Crippen molar-refractivity contribution < 1.29 is 0 Å². The highest BCUT2D eigenvalue weighted by molar-refractivity contribution is 5.97. The smallest absolute Gasteiger partial charge is 0.0973 e. The number of nitrogens with zero attached hydrogens (tertiary/aromatic N) is 3. The summed E-state index contributed by atoms with van der Waals surface area (Å²) >= 11 is 0. The van der Waals surface area contributed by atoms with Crippen molar-refractivity contribution in [3.8, 4) is 22.5 Å². The van der Waals surface area contributed by atoms with E-state index in [0.29, 0.717) is 0 Å². The molecule has 1 aliphatic heterocycles. The number of aromatic nitrogens is 2. The Hall–Kier alpha value is -3.56. The molecule has 1 fully saturated rings. The van der Waals surface area contributed by atoms with Crippen molar-refractivity contribution in [2.24, 2.45) is 5.92 Å². The summed E-state index contributed by atoms with van der Waals surface area (Å²) in [6.07, 6.45) is 2.61. The Bertz CT molecular complexity index is 1430. The molecule has 1 aromatic heterocycles. The molecule has 0 saturated carbocycles. The lowest BCUT2D eigenvalue weighted by Crippen LogP contribution is -2.32. The van der Waals surface area contributed by atoms with Crippen molar-refractivity contribution in [1.82, 2.24) is 14.9 Å². The number of likely N-dealkylation sites (tertiary alicyclic amines) is 1. The molecule has 3 nitrogen and oxygen atoms in total. The molecule has 0 unspecified atom stereocenters. The molecular formula is C31H29N3. The first-order valence-corrected chi connectivity index (χ1v) is 12.3. The van der Waals surface area contributed by atoms with Gasteiger partial charge in [0.05, 0.1) is 22.4 Å². The van der Waals surface area contributed by atoms with Gasteiger partial charge in [0.2, 0.25) is 0 Å². The third kappa shape index (κ3) is 4.20. The maximum atomic E-state index is 5.15. The number of fused-ring (bicyclic) bond motifs is 2. The van der Waals surface area contributed by atoms with Crippen molar-refractivity contribution in [3.63, 3.8) is 0 Å². The molecule has 0 amide bonds. The summed E-state index contributed by atoms with van der Waals surface area (Å²) < 4.78 is 0. The largest absolute Gasteiger partial charge is 0.299 e. The third-order valence-electron chi connectivity index (χ3n) is 7.09. The Morgan fingerprint density at radius 1 is 0.676 bits per heavy atom. The van der Waals surface area contributed by atoms with Crippen LogP contribution in [0.15, 0.2) is 91.0 Å². The van der Waals surface area contributed by atoms with Gasteiger partial charge in [-0.2, -0.15) is 0 Å². The minimum absolute atomic E-state index is 0.860. The van der Waals surface area contributed by atoms with Crippen LogP contribution >= 0.6 is 0 Å². The minimum Gasteiger partial charge on any atom is -0.299 e. The Morgan fingerprint density at radius 3 is 1.79 bits per heavy atom. The monoisotopic (exact) mass is 443 g/mol. The number of hydrogen-bond acceptors (Lipinski definition) is 3. The Morgan fingerprint density at radius 2 is 1.21 bits per heavy atom. The van der Waals surface area contributed by atoms with Gasteiger partial charge < -0.3 is 0 Å². The average Bonchev–Trinajstić information content (AvgIpc) is 2.89. The van der Waals surface area contributed by atoms with Crippen molar-refractivity contribution in [1.29, 1.82) is 0 Å². The summed E-state index contributed by atoms with van der Waals surface area (Å²) in [6.45, 7) is 5.79. The fraction of sp³-hybridized carbons (Fsp3) is 0.226. The van der Waals surface area contributed by atoms with Crippen LogP contribution < -0.4 is 0 Å². The minimum atomic E-state index is 0.860. The van der Waals surface area contributed by atoms with Crippen LogP contribution in [-0.2, 0) is 6.54 Å². The second kappa shape index (κ2) is 9.00. The first kappa shape index (κ1) is 21.0. The van der Waals surface area contributed by atoms with Gasteiger partial charge in [0, 0.05) is 17.7 Å². The van der Waals surface area contributed by atoms with Crippen LogP contribution in [0.2, 0.25) is 0 Å². The molecule has 4 aromatic carbocycles. The molecule has 0 atom stereocenters. The van der Waals surface area contributed by atoms with Crippen molar-refractivity contribution in [3.05, 3.63) is 96.6 Å². The van der Waals surface area contributed by atoms with Crippen LogP contribution in [0.25, 0.3) is 44.3 Å². The number of rotatable bonds is 4. The van der Waals surface area contributed by atoms with E-state index in [9.17, 15) is 0 Å². The third-order valence-corrected chi connectivity index (χ3v) is 7.09. The molecule has 0 N–H and O–H groups in total. The predicted molar refractivity (Wildman–Crippen MR) is 142 cm³/mol. The normalized spacial score (nSPS) is 15.2. The summed E-state index contributed by atoms with van der Waals surface area (Å²) in [7, 11) is 0. The summed E-state index contributed by atoms with van der Waals surface area (Å²) in [5, 5.41) is 2.38. The van der Waals surface area contributed by atoms with Crippen LogP contribution in [0.4, 0.5) is 0 Å². The van der Waals surface area contributed by atoms with Gasteiger partial charge in [0.1, 0.15) is 0 Å². The Labute approximate surface area is 201 Å². The van der Waals surface area contributed by atoms with E-state index in [4.69, 9.17) is 9.97 Å². The predicted octanol–water partition coefficient (Wildman–Crippen LogP) is 7.35. The maximum absolute atomic E-state index is 5.15. The Balaban J connectivity index is 1.41. The first-order chi connectivity index (χ1) is 16.7. The van der Waals surface area contributed by atoms with Gasteiger partial charge in [0.15, 0.2) is 0 Å². The molecule has 1 saturated heterocycles. The summed E-state index contributed by atoms with van der Waals surface area (Å²) in [4.78, 5) is 12.9. The van der Waals surface area contributed by atoms with Crippen LogP contribution in [-0.4, -0.2) is 28.0 Å². The summed E-state index contributed by atoms with van der Waals surface area (Å²) in [5.41, 5.74) is 7.29. The molecule has 2 heterocycles. The van der Waals surface area contributed by atoms with E-state index in [-0.39, 0.29) is 0 Å². The molecule has 0 aliphatic carbocycles. The van der Waals surface area contributed by atoms with E-state index in [2.05, 4.69) is 96.8 Å². The van der Waals surface area contributed by atoms with Crippen molar-refractivity contribution in [2.45, 2.75) is 26.3 Å². The molecule has 6 rings (SSSR count). The highest BCUT2D eigenvalue weighted by Crippen LogP contribution is 2.32. The van der Waals surface area contributed by atoms with Crippen LogP contribution in [0.5, 0.6) is 0 Å². The van der Waals surface area contributed by atoms with Gasteiger partial charge in [-0.25, -0.2) is 9.97 Å². The SMILES string of the molecule is CC1CCN(Cc2ccc(-c3nc4cc5ccccc5cc4nc3-c3ccccc3)cc2)CC1. The second-order valence-electron chi connectivity index (χ2n) is 9.63. The van der Waals surface area contributed by atoms with Gasteiger partial charge in [-0.05, 0) is 60.3 Å². The molecule has 168 valence electrons. The molecule has 5 aromatic rings. The quantitative estimate of drug-likeness (QED) is 0.272. The Kier molecular flexibility index (Phi) is 5.56. The van der Waals surface area contributed by atoms with Crippen molar-refractivity contribution in [2.75, 3.05) is 13.1 Å². The highest BCUT2D eigenvalue weighted by Gasteiger charge is 2.17. The fourth-order valence-electron chi connectivity index (χ4n) is 4.99. The molecule has 1 aliphatic rings. The van der Waals surface area contributed by atoms with E-state index in [1.165, 1.54) is 42.3 Å². The standard InChI is InChI=1S/C31H29N3/c1-22-15-17-34(18-16-22)21-23-11-13-25(14-12-23)31-30(24-7-3-2-4-8-24)32-28-19-26-9-5-6-10-27(26)20-29(28)33-31/h2-14,19-20,22H,15-18,21H2,1H3. The molecule has 0 bridgehead atoms. The number of piperidine rings is 1. The van der Waals surface area contributed by atoms with E-state index in [1.54, 1.807) is 0 Å². The van der Waals surface area contributed by atoms with E-state index >= 15 is 0 Å². The van der Waals surface area contributed by atoms with Crippen LogP contribution in [0.3, 0.4) is 0 Å². The molecule has 34 heavy (non-hydrogen) atoms. The average molecular weight is 444 g/mol. The first-order valence-electron chi connectivity index (χ1n) is 12.3. The van der Waals surface area contributed by atoms with Crippen molar-refractivity contribution >= 4 is 21.8 Å². The van der Waals surface area contributed by atoms with Gasteiger partial charge >= 0.3 is 0 Å². The van der Waals surface area contributed by atoms with Gasteiger partial charge in [-0.3, -0.25) is 4.90 Å². The molecule has 0 spiro atoms. The van der Waals surface area contributed by atoms with Gasteiger partial charge in [0.25, 0.3) is 0 Å². The van der Waals surface area contributed by atoms with Crippen LogP contribution in [0.1, 0.15) is 25.3 Å². The van der Waals surface area contributed by atoms with Crippen LogP contribution in [0, 0.1) is 5.92 Å². The number of benzene rings is 4. The topological polar surface area (TPSA) is 29.0 Å². The lowest BCUT2D eigenvalue weighted by atomic mass is 9.98. The second-order valence-corrected chi connectivity index (χ2v) is 9.63. The zero-order chi connectivity index (χ0) is 22.9. The fourth-order valence-corrected chi connectivity index (χ4v) is 4.99.